The third-order valence-electron chi connectivity index (χ3n) is 4.98. The highest BCUT2D eigenvalue weighted by Crippen LogP contribution is 2.38. The third kappa shape index (κ3) is 2.26. The van der Waals surface area contributed by atoms with Gasteiger partial charge in [-0.3, -0.25) is 4.90 Å². The first kappa shape index (κ1) is 13.0. The van der Waals surface area contributed by atoms with Crippen LogP contribution in [0.25, 0.3) is 0 Å². The van der Waals surface area contributed by atoms with Crippen LogP contribution in [0.4, 0.5) is 5.13 Å². The van der Waals surface area contributed by atoms with Gasteiger partial charge in [0.15, 0.2) is 5.13 Å². The van der Waals surface area contributed by atoms with Crippen LogP contribution in [-0.4, -0.2) is 47.2 Å². The smallest absolute Gasteiger partial charge is 0.185 e. The van der Waals surface area contributed by atoms with E-state index in [4.69, 9.17) is 4.98 Å². The number of hydrogen-bond acceptors (Lipinski definition) is 5. The number of hydrogen-bond donors (Lipinski definition) is 1. The number of aliphatic hydroxyl groups excluding tert-OH is 1. The molecular formula is C15H23N3OS. The zero-order valence-corrected chi connectivity index (χ0v) is 12.7. The van der Waals surface area contributed by atoms with Crippen molar-refractivity contribution in [3.05, 3.63) is 10.6 Å². The average Bonchev–Trinajstić information content (AvgIpc) is 3.02. The maximum absolute atomic E-state index is 10.1. The van der Waals surface area contributed by atoms with Crippen LogP contribution < -0.4 is 4.90 Å². The van der Waals surface area contributed by atoms with Crippen LogP contribution in [0, 0.1) is 0 Å². The van der Waals surface area contributed by atoms with Crippen molar-refractivity contribution in [2.24, 2.45) is 0 Å². The number of thiazole rings is 1. The minimum atomic E-state index is -0.264. The van der Waals surface area contributed by atoms with Gasteiger partial charge in [0.05, 0.1) is 16.7 Å². The number of aromatic nitrogens is 1. The van der Waals surface area contributed by atoms with Gasteiger partial charge in [0.1, 0.15) is 0 Å². The lowest BCUT2D eigenvalue weighted by molar-refractivity contribution is 0.160. The summed E-state index contributed by atoms with van der Waals surface area (Å²) in [7, 11) is 0. The topological polar surface area (TPSA) is 39.6 Å². The predicted octanol–water partition coefficient (Wildman–Crippen LogP) is 2.19. The number of anilines is 1. The van der Waals surface area contributed by atoms with Gasteiger partial charge in [-0.15, -0.1) is 0 Å². The highest BCUT2D eigenvalue weighted by Gasteiger charge is 2.31. The summed E-state index contributed by atoms with van der Waals surface area (Å²) in [5.41, 5.74) is 1.16. The quantitative estimate of drug-likeness (QED) is 0.861. The lowest BCUT2D eigenvalue weighted by atomic mass is 10.0. The van der Waals surface area contributed by atoms with Gasteiger partial charge in [-0.25, -0.2) is 4.98 Å². The number of nitrogens with zero attached hydrogens (tertiary/aromatic N) is 3. The monoisotopic (exact) mass is 293 g/mol. The lowest BCUT2D eigenvalue weighted by Crippen LogP contribution is -2.36. The summed E-state index contributed by atoms with van der Waals surface area (Å²) in [5, 5.41) is 11.3. The molecule has 4 rings (SSSR count). The van der Waals surface area contributed by atoms with Crippen molar-refractivity contribution < 1.29 is 5.11 Å². The molecule has 2 unspecified atom stereocenters. The fraction of sp³-hybridized carbons (Fsp3) is 0.800. The van der Waals surface area contributed by atoms with Crippen LogP contribution in [0.15, 0.2) is 0 Å². The maximum atomic E-state index is 10.1. The van der Waals surface area contributed by atoms with E-state index in [0.717, 1.165) is 54.1 Å². The van der Waals surface area contributed by atoms with Crippen molar-refractivity contribution in [3.63, 3.8) is 0 Å². The molecule has 20 heavy (non-hydrogen) atoms. The van der Waals surface area contributed by atoms with E-state index in [1.807, 2.05) is 0 Å². The van der Waals surface area contributed by atoms with Crippen molar-refractivity contribution in [1.29, 1.82) is 0 Å². The molecule has 4 nitrogen and oxygen atoms in total. The van der Waals surface area contributed by atoms with Gasteiger partial charge in [0.2, 0.25) is 0 Å². The molecule has 0 amide bonds. The second-order valence-corrected chi connectivity index (χ2v) is 7.36. The summed E-state index contributed by atoms with van der Waals surface area (Å²) in [6.45, 7) is 4.78. The van der Waals surface area contributed by atoms with Crippen LogP contribution in [0.2, 0.25) is 0 Å². The van der Waals surface area contributed by atoms with Gasteiger partial charge in [-0.05, 0) is 45.1 Å². The molecular weight excluding hydrogens is 270 g/mol. The number of aliphatic hydroxyl groups is 1. The van der Waals surface area contributed by atoms with Gasteiger partial charge >= 0.3 is 0 Å². The fourth-order valence-corrected chi connectivity index (χ4v) is 5.07. The molecule has 0 spiro atoms. The fourth-order valence-electron chi connectivity index (χ4n) is 3.90. The highest BCUT2D eigenvalue weighted by molar-refractivity contribution is 7.15. The summed E-state index contributed by atoms with van der Waals surface area (Å²) in [6, 6.07) is 0.725. The van der Waals surface area contributed by atoms with E-state index >= 15 is 0 Å². The SMILES string of the molecule is OC1CCCc2nc(N3CCCN4CCCC4C3)sc21. The first-order valence-corrected chi connectivity index (χ1v) is 8.79. The Bertz CT molecular complexity index is 489. The summed E-state index contributed by atoms with van der Waals surface area (Å²) in [6.07, 6.45) is 6.70. The Kier molecular flexibility index (Phi) is 3.44. The molecule has 2 aliphatic heterocycles. The van der Waals surface area contributed by atoms with E-state index in [-0.39, 0.29) is 6.10 Å². The second kappa shape index (κ2) is 5.28. The van der Waals surface area contributed by atoms with Gasteiger partial charge in [0.25, 0.3) is 0 Å². The average molecular weight is 293 g/mol. The van der Waals surface area contributed by atoms with Crippen LogP contribution >= 0.6 is 11.3 Å². The molecule has 3 aliphatic rings. The number of rotatable bonds is 1. The van der Waals surface area contributed by atoms with E-state index in [2.05, 4.69) is 9.80 Å². The molecule has 1 aliphatic carbocycles. The molecule has 0 saturated carbocycles. The first-order chi connectivity index (χ1) is 9.81. The maximum Gasteiger partial charge on any atom is 0.185 e. The van der Waals surface area contributed by atoms with Gasteiger partial charge in [0, 0.05) is 25.7 Å². The first-order valence-electron chi connectivity index (χ1n) is 7.98. The summed E-state index contributed by atoms with van der Waals surface area (Å²) in [5.74, 6) is 0. The summed E-state index contributed by atoms with van der Waals surface area (Å²) < 4.78 is 0. The van der Waals surface area contributed by atoms with E-state index in [0.29, 0.717) is 0 Å². The Morgan fingerprint density at radius 3 is 2.90 bits per heavy atom. The van der Waals surface area contributed by atoms with E-state index in [9.17, 15) is 5.11 Å². The van der Waals surface area contributed by atoms with Crippen LogP contribution in [0.3, 0.4) is 0 Å². The number of aryl methyl sites for hydroxylation is 1. The van der Waals surface area contributed by atoms with Crippen molar-refractivity contribution in [2.75, 3.05) is 31.1 Å². The lowest BCUT2D eigenvalue weighted by Gasteiger charge is -2.25. The minimum absolute atomic E-state index is 0.264. The summed E-state index contributed by atoms with van der Waals surface area (Å²) in [4.78, 5) is 11.1. The van der Waals surface area contributed by atoms with Crippen molar-refractivity contribution in [2.45, 2.75) is 50.7 Å². The standard InChI is InChI=1S/C15H23N3OS/c19-13-6-1-5-12-14(13)20-15(16-12)18-9-3-8-17-7-2-4-11(17)10-18/h11,13,19H,1-10H2. The third-order valence-corrected chi connectivity index (χ3v) is 6.24. The van der Waals surface area contributed by atoms with Crippen molar-refractivity contribution >= 4 is 16.5 Å². The van der Waals surface area contributed by atoms with Gasteiger partial charge < -0.3 is 10.0 Å². The molecule has 0 bridgehead atoms. The molecule has 1 N–H and O–H groups in total. The summed E-state index contributed by atoms with van der Waals surface area (Å²) >= 11 is 1.74. The molecule has 1 aromatic rings. The Morgan fingerprint density at radius 1 is 1.10 bits per heavy atom. The Labute approximate surface area is 124 Å². The second-order valence-electron chi connectivity index (χ2n) is 6.35. The zero-order chi connectivity index (χ0) is 13.5. The van der Waals surface area contributed by atoms with Crippen LogP contribution in [0.5, 0.6) is 0 Å². The molecule has 1 aromatic heterocycles. The van der Waals surface area contributed by atoms with Gasteiger partial charge in [-0.2, -0.15) is 0 Å². The molecule has 3 heterocycles. The Morgan fingerprint density at radius 2 is 2.00 bits per heavy atom. The zero-order valence-electron chi connectivity index (χ0n) is 11.9. The molecule has 0 aromatic carbocycles. The molecule has 2 atom stereocenters. The number of fused-ring (bicyclic) bond motifs is 2. The minimum Gasteiger partial charge on any atom is -0.388 e. The van der Waals surface area contributed by atoms with E-state index in [1.54, 1.807) is 11.3 Å². The van der Waals surface area contributed by atoms with E-state index in [1.165, 1.54) is 32.4 Å². The molecule has 5 heteroatoms. The Hall–Kier alpha value is -0.650. The Balaban J connectivity index is 1.57. The van der Waals surface area contributed by atoms with Gasteiger partial charge in [-0.1, -0.05) is 11.3 Å². The van der Waals surface area contributed by atoms with Crippen molar-refractivity contribution in [3.8, 4) is 0 Å². The normalized spacial score (nSPS) is 30.9. The largest absolute Gasteiger partial charge is 0.388 e. The van der Waals surface area contributed by atoms with Crippen LogP contribution in [-0.2, 0) is 6.42 Å². The molecule has 0 radical (unpaired) electrons. The highest BCUT2D eigenvalue weighted by atomic mass is 32.1. The van der Waals surface area contributed by atoms with E-state index < -0.39 is 0 Å². The predicted molar refractivity (Wildman–Crippen MR) is 81.4 cm³/mol. The molecule has 2 fully saturated rings. The van der Waals surface area contributed by atoms with Crippen molar-refractivity contribution in [1.82, 2.24) is 9.88 Å². The van der Waals surface area contributed by atoms with Crippen LogP contribution in [0.1, 0.15) is 48.8 Å². The molecule has 110 valence electrons. The molecule has 2 saturated heterocycles.